The second-order valence-electron chi connectivity index (χ2n) is 11.1. The fourth-order valence-corrected chi connectivity index (χ4v) is 5.92. The first-order valence-electron chi connectivity index (χ1n) is 14.3. The highest BCUT2D eigenvalue weighted by Crippen LogP contribution is 2.29. The molecule has 0 radical (unpaired) electrons. The third kappa shape index (κ3) is 5.42. The Morgan fingerprint density at radius 1 is 1.05 bits per heavy atom. The van der Waals surface area contributed by atoms with E-state index in [0.717, 1.165) is 11.1 Å². The number of carbonyl (C=O) groups excluding carboxylic acids is 2. The predicted molar refractivity (Wildman–Crippen MR) is 171 cm³/mol. The van der Waals surface area contributed by atoms with Crippen LogP contribution in [-0.4, -0.2) is 43.5 Å². The molecule has 0 saturated heterocycles. The molecule has 1 aliphatic heterocycles. The van der Waals surface area contributed by atoms with Crippen molar-refractivity contribution in [1.29, 1.82) is 0 Å². The molecule has 3 heterocycles. The lowest BCUT2D eigenvalue weighted by atomic mass is 10.0. The first-order valence-corrected chi connectivity index (χ1v) is 15.1. The summed E-state index contributed by atoms with van der Waals surface area (Å²) in [5.74, 6) is -0.389. The van der Waals surface area contributed by atoms with E-state index in [1.54, 1.807) is 62.6 Å². The Morgan fingerprint density at radius 2 is 1.77 bits per heavy atom. The number of benzene rings is 3. The number of nitrogens with zero attached hydrogens (tertiary/aromatic N) is 5. The standard InChI is InChI=1S/C34H29BrN6O3/c1-21(2)38-31(42)23-9-12-26(13-10-23)40-32-25(17-22-7-5-4-6-8-22)19-37-41(32)30-20-39(16-15-27(30)34(40)44)33(43)24-11-14-28(35)29(18-24)36-3/h4-14,18-19,21H,15-17,20H2,1-2H3,(H,38,42). The third-order valence-corrected chi connectivity index (χ3v) is 8.38. The Hall–Kier alpha value is -5.01. The summed E-state index contributed by atoms with van der Waals surface area (Å²) in [5, 5.41) is 7.64. The number of hydrogen-bond donors (Lipinski definition) is 1. The second kappa shape index (κ2) is 11.9. The van der Waals surface area contributed by atoms with E-state index >= 15 is 0 Å². The maximum Gasteiger partial charge on any atom is 0.261 e. The Balaban J connectivity index is 1.45. The van der Waals surface area contributed by atoms with Crippen LogP contribution in [0.15, 0.2) is 88.3 Å². The van der Waals surface area contributed by atoms with Crippen LogP contribution >= 0.6 is 15.9 Å². The van der Waals surface area contributed by atoms with E-state index in [2.05, 4.69) is 26.1 Å². The molecular weight excluding hydrogens is 620 g/mol. The van der Waals surface area contributed by atoms with Crippen molar-refractivity contribution in [3.05, 3.63) is 139 Å². The summed E-state index contributed by atoms with van der Waals surface area (Å²) in [7, 11) is 0. The topological polar surface area (TPSA) is 93.1 Å². The van der Waals surface area contributed by atoms with Gasteiger partial charge in [0.15, 0.2) is 0 Å². The van der Waals surface area contributed by atoms with Crippen molar-refractivity contribution in [2.45, 2.75) is 39.3 Å². The van der Waals surface area contributed by atoms with Gasteiger partial charge in [-0.05, 0) is 56.2 Å². The SMILES string of the molecule is [C-]#[N+]c1cc(C(=O)N2CCc3c(n4ncc(Cc5ccccc5)c4n(-c4ccc(C(=O)NC(C)C)cc4)c3=O)C2)ccc1Br. The van der Waals surface area contributed by atoms with E-state index < -0.39 is 0 Å². The summed E-state index contributed by atoms with van der Waals surface area (Å²) >= 11 is 3.36. The zero-order valence-corrected chi connectivity index (χ0v) is 25.8. The molecule has 5 aromatic rings. The molecule has 0 atom stereocenters. The smallest absolute Gasteiger partial charge is 0.261 e. The Labute approximate surface area is 262 Å². The normalized spacial score (nSPS) is 12.7. The van der Waals surface area contributed by atoms with Crippen molar-refractivity contribution in [3.8, 4) is 5.69 Å². The third-order valence-electron chi connectivity index (χ3n) is 7.71. The summed E-state index contributed by atoms with van der Waals surface area (Å²) in [6.45, 7) is 11.8. The molecular formula is C34H29BrN6O3. The highest BCUT2D eigenvalue weighted by atomic mass is 79.9. The molecule has 0 fully saturated rings. The van der Waals surface area contributed by atoms with Crippen LogP contribution in [0, 0.1) is 6.57 Å². The summed E-state index contributed by atoms with van der Waals surface area (Å²) in [4.78, 5) is 45.6. The molecule has 0 saturated carbocycles. The summed E-state index contributed by atoms with van der Waals surface area (Å²) < 4.78 is 4.08. The van der Waals surface area contributed by atoms with Gasteiger partial charge in [-0.15, -0.1) is 0 Å². The number of hydrogen-bond acceptors (Lipinski definition) is 4. The van der Waals surface area contributed by atoms with Crippen molar-refractivity contribution >= 4 is 39.1 Å². The highest BCUT2D eigenvalue weighted by Gasteiger charge is 2.29. The minimum atomic E-state index is -0.211. The van der Waals surface area contributed by atoms with E-state index in [9.17, 15) is 14.4 Å². The molecule has 1 N–H and O–H groups in total. The van der Waals surface area contributed by atoms with Crippen LogP contribution < -0.4 is 10.9 Å². The van der Waals surface area contributed by atoms with Gasteiger partial charge in [-0.1, -0.05) is 58.4 Å². The summed E-state index contributed by atoms with van der Waals surface area (Å²) in [6.07, 6.45) is 2.68. The number of fused-ring (bicyclic) bond motifs is 3. The van der Waals surface area contributed by atoms with Crippen molar-refractivity contribution in [2.75, 3.05) is 6.54 Å². The molecule has 0 aliphatic carbocycles. The molecule has 6 rings (SSSR count). The average Bonchev–Trinajstić information content (AvgIpc) is 3.44. The average molecular weight is 650 g/mol. The maximum absolute atomic E-state index is 14.3. The number of nitrogens with one attached hydrogen (secondary N) is 1. The number of aromatic nitrogens is 3. The molecule has 9 nitrogen and oxygen atoms in total. The minimum absolute atomic E-state index is 0.00216. The van der Waals surface area contributed by atoms with Crippen molar-refractivity contribution in [2.24, 2.45) is 0 Å². The lowest BCUT2D eigenvalue weighted by Gasteiger charge is -2.30. The van der Waals surface area contributed by atoms with Gasteiger partial charge in [0, 0.05) is 45.7 Å². The largest absolute Gasteiger partial charge is 0.350 e. The highest BCUT2D eigenvalue weighted by molar-refractivity contribution is 9.10. The van der Waals surface area contributed by atoms with Gasteiger partial charge in [-0.25, -0.2) is 9.36 Å². The molecule has 0 spiro atoms. The van der Waals surface area contributed by atoms with E-state index in [-0.39, 0.29) is 30.0 Å². The molecule has 10 heteroatoms. The second-order valence-corrected chi connectivity index (χ2v) is 11.9. The fourth-order valence-electron chi connectivity index (χ4n) is 5.59. The van der Waals surface area contributed by atoms with Gasteiger partial charge in [0.25, 0.3) is 17.4 Å². The van der Waals surface area contributed by atoms with E-state index in [0.29, 0.717) is 63.3 Å². The first-order chi connectivity index (χ1) is 21.2. The number of amides is 2. The molecule has 3 aromatic carbocycles. The van der Waals surface area contributed by atoms with E-state index in [1.165, 1.54) is 0 Å². The van der Waals surface area contributed by atoms with Gasteiger partial charge < -0.3 is 10.2 Å². The van der Waals surface area contributed by atoms with Crippen molar-refractivity contribution < 1.29 is 9.59 Å². The molecule has 44 heavy (non-hydrogen) atoms. The molecule has 1 aliphatic rings. The zero-order valence-electron chi connectivity index (χ0n) is 24.3. The van der Waals surface area contributed by atoms with Crippen LogP contribution in [0.25, 0.3) is 16.2 Å². The van der Waals surface area contributed by atoms with Crippen LogP contribution in [-0.2, 0) is 19.4 Å². The minimum Gasteiger partial charge on any atom is -0.350 e. The molecule has 0 bridgehead atoms. The van der Waals surface area contributed by atoms with Gasteiger partial charge >= 0.3 is 0 Å². The van der Waals surface area contributed by atoms with Crippen LogP contribution in [0.4, 0.5) is 5.69 Å². The van der Waals surface area contributed by atoms with Gasteiger partial charge in [0.05, 0.1) is 30.7 Å². The molecule has 0 unspecified atom stereocenters. The summed E-state index contributed by atoms with van der Waals surface area (Å²) in [6, 6.07) is 22.0. The van der Waals surface area contributed by atoms with Gasteiger partial charge in [-0.3, -0.25) is 19.0 Å². The van der Waals surface area contributed by atoms with E-state index in [1.807, 2.05) is 44.2 Å². The van der Waals surface area contributed by atoms with Gasteiger partial charge in [-0.2, -0.15) is 5.10 Å². The molecule has 2 aromatic heterocycles. The molecule has 2 amide bonds. The van der Waals surface area contributed by atoms with Gasteiger partial charge in [0.1, 0.15) is 5.65 Å². The number of rotatable bonds is 6. The van der Waals surface area contributed by atoms with Crippen molar-refractivity contribution in [3.63, 3.8) is 0 Å². The van der Waals surface area contributed by atoms with Crippen LogP contribution in [0.5, 0.6) is 0 Å². The van der Waals surface area contributed by atoms with Crippen LogP contribution in [0.1, 0.15) is 56.9 Å². The maximum atomic E-state index is 14.3. The molecule has 220 valence electrons. The monoisotopic (exact) mass is 648 g/mol. The number of halogens is 1. The predicted octanol–water partition coefficient (Wildman–Crippen LogP) is 5.73. The fraction of sp³-hybridized carbons (Fsp3) is 0.206. The zero-order chi connectivity index (χ0) is 31.0. The Bertz CT molecular complexity index is 2010. The van der Waals surface area contributed by atoms with Gasteiger partial charge in [0.2, 0.25) is 5.69 Å². The Kier molecular flexibility index (Phi) is 7.89. The Morgan fingerprint density at radius 3 is 2.48 bits per heavy atom. The van der Waals surface area contributed by atoms with Crippen LogP contribution in [0.2, 0.25) is 0 Å². The summed E-state index contributed by atoms with van der Waals surface area (Å²) in [5.41, 5.74) is 5.54. The van der Waals surface area contributed by atoms with Crippen molar-refractivity contribution in [1.82, 2.24) is 24.4 Å². The van der Waals surface area contributed by atoms with Crippen LogP contribution in [0.3, 0.4) is 0 Å². The lowest BCUT2D eigenvalue weighted by Crippen LogP contribution is -2.41. The van der Waals surface area contributed by atoms with E-state index in [4.69, 9.17) is 11.7 Å². The lowest BCUT2D eigenvalue weighted by molar-refractivity contribution is 0.0729. The number of carbonyl (C=O) groups is 2. The quantitative estimate of drug-likeness (QED) is 0.238. The first kappa shape index (κ1) is 29.1.